The van der Waals surface area contributed by atoms with Crippen LogP contribution in [-0.4, -0.2) is 35.6 Å². The van der Waals surface area contributed by atoms with Gasteiger partial charge in [0, 0.05) is 38.8 Å². The van der Waals surface area contributed by atoms with Gasteiger partial charge in [0.1, 0.15) is 0 Å². The molecular weight excluding hydrogens is 364 g/mol. The Hall–Kier alpha value is -3.15. The minimum absolute atomic E-state index is 0.0438. The summed E-state index contributed by atoms with van der Waals surface area (Å²) in [5, 5.41) is 3.53. The van der Waals surface area contributed by atoms with Gasteiger partial charge in [0.25, 0.3) is 5.56 Å². The van der Waals surface area contributed by atoms with Crippen LogP contribution < -0.4 is 15.8 Å². The lowest BCUT2D eigenvalue weighted by Crippen LogP contribution is -2.28. The Balaban J connectivity index is 1.40. The van der Waals surface area contributed by atoms with Crippen molar-refractivity contribution in [2.75, 3.05) is 25.0 Å². The molecule has 152 valence electrons. The summed E-state index contributed by atoms with van der Waals surface area (Å²) < 4.78 is 1.51. The molecule has 1 amide bonds. The van der Waals surface area contributed by atoms with E-state index in [0.29, 0.717) is 18.5 Å². The van der Waals surface area contributed by atoms with E-state index in [2.05, 4.69) is 34.4 Å². The molecule has 1 aromatic heterocycles. The van der Waals surface area contributed by atoms with Gasteiger partial charge in [-0.3, -0.25) is 14.2 Å². The Morgan fingerprint density at radius 3 is 2.69 bits per heavy atom. The molecule has 6 heteroatoms. The van der Waals surface area contributed by atoms with Crippen molar-refractivity contribution >= 4 is 22.5 Å². The molecular formula is C23H28N4O2. The van der Waals surface area contributed by atoms with Gasteiger partial charge in [-0.1, -0.05) is 30.3 Å². The predicted octanol–water partition coefficient (Wildman–Crippen LogP) is 3.13. The lowest BCUT2D eigenvalue weighted by molar-refractivity contribution is -0.121. The molecule has 2 aromatic carbocycles. The van der Waals surface area contributed by atoms with Gasteiger partial charge in [-0.25, -0.2) is 4.98 Å². The summed E-state index contributed by atoms with van der Waals surface area (Å²) in [4.78, 5) is 31.3. The fraction of sp³-hybridized carbons (Fsp3) is 0.348. The van der Waals surface area contributed by atoms with E-state index in [9.17, 15) is 9.59 Å². The standard InChI is InChI=1S/C23H28N4O2/c1-18-9-8-12-20-22(18)25-17-27(23(20)29)16-13-21(28)24-14-6-7-15-26(2)19-10-4-3-5-11-19/h3-5,8-12,17H,6-7,13-16H2,1-2H3,(H,24,28). The molecule has 1 heterocycles. The van der Waals surface area contributed by atoms with Gasteiger partial charge in [-0.15, -0.1) is 0 Å². The summed E-state index contributed by atoms with van der Waals surface area (Å²) in [5.74, 6) is -0.0438. The number of carbonyl (C=O) groups is 1. The number of carbonyl (C=O) groups excluding carboxylic acids is 1. The van der Waals surface area contributed by atoms with Crippen molar-refractivity contribution in [3.63, 3.8) is 0 Å². The number of nitrogens with zero attached hydrogens (tertiary/aromatic N) is 3. The van der Waals surface area contributed by atoms with Crippen molar-refractivity contribution in [2.45, 2.75) is 32.7 Å². The van der Waals surface area contributed by atoms with Crippen LogP contribution in [-0.2, 0) is 11.3 Å². The van der Waals surface area contributed by atoms with Gasteiger partial charge in [-0.2, -0.15) is 0 Å². The number of amides is 1. The van der Waals surface area contributed by atoms with Gasteiger partial charge < -0.3 is 10.2 Å². The third-order valence-electron chi connectivity index (χ3n) is 5.07. The molecule has 0 bridgehead atoms. The van der Waals surface area contributed by atoms with Crippen LogP contribution in [0.15, 0.2) is 59.7 Å². The summed E-state index contributed by atoms with van der Waals surface area (Å²) in [6, 6.07) is 15.8. The van der Waals surface area contributed by atoms with Gasteiger partial charge in [0.2, 0.25) is 5.91 Å². The van der Waals surface area contributed by atoms with E-state index in [-0.39, 0.29) is 17.9 Å². The predicted molar refractivity (Wildman–Crippen MR) is 117 cm³/mol. The summed E-state index contributed by atoms with van der Waals surface area (Å²) in [6.07, 6.45) is 3.71. The van der Waals surface area contributed by atoms with Crippen molar-refractivity contribution in [1.29, 1.82) is 0 Å². The molecule has 0 radical (unpaired) electrons. The minimum atomic E-state index is -0.101. The van der Waals surface area contributed by atoms with Crippen LogP contribution in [0.5, 0.6) is 0 Å². The Morgan fingerprint density at radius 2 is 1.90 bits per heavy atom. The number of rotatable bonds is 9. The summed E-state index contributed by atoms with van der Waals surface area (Å²) >= 11 is 0. The number of hydrogen-bond donors (Lipinski definition) is 1. The molecule has 0 aliphatic heterocycles. The molecule has 0 atom stereocenters. The van der Waals surface area contributed by atoms with Crippen molar-refractivity contribution in [1.82, 2.24) is 14.9 Å². The van der Waals surface area contributed by atoms with E-state index >= 15 is 0 Å². The fourth-order valence-corrected chi connectivity index (χ4v) is 3.32. The second-order valence-electron chi connectivity index (χ2n) is 7.28. The molecule has 6 nitrogen and oxygen atoms in total. The first-order valence-corrected chi connectivity index (χ1v) is 10.0. The SMILES string of the molecule is Cc1cccc2c(=O)n(CCC(=O)NCCCCN(C)c3ccccc3)cnc12. The number of unbranched alkanes of at least 4 members (excludes halogenated alkanes) is 1. The zero-order chi connectivity index (χ0) is 20.6. The van der Waals surface area contributed by atoms with Crippen LogP contribution >= 0.6 is 0 Å². The summed E-state index contributed by atoms with van der Waals surface area (Å²) in [5.41, 5.74) is 2.79. The number of hydrogen-bond acceptors (Lipinski definition) is 4. The largest absolute Gasteiger partial charge is 0.375 e. The van der Waals surface area contributed by atoms with Crippen molar-refractivity contribution < 1.29 is 4.79 Å². The second kappa shape index (κ2) is 9.87. The molecule has 0 saturated carbocycles. The molecule has 0 spiro atoms. The van der Waals surface area contributed by atoms with E-state index in [1.165, 1.54) is 16.6 Å². The molecule has 3 rings (SSSR count). The van der Waals surface area contributed by atoms with Gasteiger partial charge >= 0.3 is 0 Å². The maximum Gasteiger partial charge on any atom is 0.261 e. The molecule has 0 aliphatic rings. The Morgan fingerprint density at radius 1 is 1.10 bits per heavy atom. The Labute approximate surface area is 171 Å². The van der Waals surface area contributed by atoms with Gasteiger partial charge in [0.15, 0.2) is 0 Å². The van der Waals surface area contributed by atoms with Crippen LogP contribution in [0, 0.1) is 6.92 Å². The molecule has 0 saturated heterocycles. The highest BCUT2D eigenvalue weighted by molar-refractivity contribution is 5.80. The third kappa shape index (κ3) is 5.44. The molecule has 1 N–H and O–H groups in total. The first-order chi connectivity index (χ1) is 14.1. The van der Waals surface area contributed by atoms with E-state index in [4.69, 9.17) is 0 Å². The lowest BCUT2D eigenvalue weighted by atomic mass is 10.1. The molecule has 29 heavy (non-hydrogen) atoms. The van der Waals surface area contributed by atoms with Crippen molar-refractivity contribution in [3.05, 3.63) is 70.8 Å². The first-order valence-electron chi connectivity index (χ1n) is 10.0. The van der Waals surface area contributed by atoms with Gasteiger partial charge in [-0.05, 0) is 43.5 Å². The first kappa shape index (κ1) is 20.6. The smallest absolute Gasteiger partial charge is 0.261 e. The highest BCUT2D eigenvalue weighted by Gasteiger charge is 2.08. The van der Waals surface area contributed by atoms with E-state index in [0.717, 1.165) is 30.5 Å². The van der Waals surface area contributed by atoms with Crippen LogP contribution in [0.2, 0.25) is 0 Å². The second-order valence-corrected chi connectivity index (χ2v) is 7.28. The normalized spacial score (nSPS) is 10.8. The highest BCUT2D eigenvalue weighted by atomic mass is 16.1. The zero-order valence-electron chi connectivity index (χ0n) is 17.1. The Bertz CT molecular complexity index is 1010. The van der Waals surface area contributed by atoms with Crippen molar-refractivity contribution in [2.24, 2.45) is 0 Å². The minimum Gasteiger partial charge on any atom is -0.375 e. The number of aromatic nitrogens is 2. The third-order valence-corrected chi connectivity index (χ3v) is 5.07. The van der Waals surface area contributed by atoms with E-state index in [1.807, 2.05) is 37.3 Å². The van der Waals surface area contributed by atoms with Crippen LogP contribution in [0.3, 0.4) is 0 Å². The average Bonchev–Trinajstić information content (AvgIpc) is 2.74. The number of fused-ring (bicyclic) bond motifs is 1. The number of benzene rings is 2. The maximum absolute atomic E-state index is 12.6. The van der Waals surface area contributed by atoms with E-state index < -0.39 is 0 Å². The van der Waals surface area contributed by atoms with Gasteiger partial charge in [0.05, 0.1) is 17.2 Å². The zero-order valence-corrected chi connectivity index (χ0v) is 17.1. The molecule has 0 unspecified atom stereocenters. The van der Waals surface area contributed by atoms with Crippen LogP contribution in [0.4, 0.5) is 5.69 Å². The quantitative estimate of drug-likeness (QED) is 0.568. The topological polar surface area (TPSA) is 67.2 Å². The van der Waals surface area contributed by atoms with Crippen LogP contribution in [0.1, 0.15) is 24.8 Å². The average molecular weight is 393 g/mol. The monoisotopic (exact) mass is 392 g/mol. The molecule has 0 fully saturated rings. The highest BCUT2D eigenvalue weighted by Crippen LogP contribution is 2.12. The number of anilines is 1. The lowest BCUT2D eigenvalue weighted by Gasteiger charge is -2.19. The fourth-order valence-electron chi connectivity index (χ4n) is 3.32. The molecule has 3 aromatic rings. The van der Waals surface area contributed by atoms with Crippen LogP contribution in [0.25, 0.3) is 10.9 Å². The van der Waals surface area contributed by atoms with Crippen molar-refractivity contribution in [3.8, 4) is 0 Å². The maximum atomic E-state index is 12.6. The number of nitrogens with one attached hydrogen (secondary N) is 1. The Kier molecular flexibility index (Phi) is 7.00. The number of aryl methyl sites for hydroxylation is 2. The summed E-state index contributed by atoms with van der Waals surface area (Å²) in [6.45, 7) is 3.85. The number of para-hydroxylation sites is 2. The molecule has 0 aliphatic carbocycles. The van der Waals surface area contributed by atoms with E-state index in [1.54, 1.807) is 6.07 Å². The summed E-state index contributed by atoms with van der Waals surface area (Å²) in [7, 11) is 2.07.